The number of furan rings is 1. The van der Waals surface area contributed by atoms with Gasteiger partial charge in [-0.2, -0.15) is 0 Å². The van der Waals surface area contributed by atoms with Crippen molar-refractivity contribution >= 4 is 23.2 Å². The topological polar surface area (TPSA) is 66.5 Å². The zero-order valence-corrected chi connectivity index (χ0v) is 12.8. The Hall–Kier alpha value is -1.08. The molecule has 1 aromatic carbocycles. The Labute approximate surface area is 133 Å². The van der Waals surface area contributed by atoms with E-state index < -0.39 is 0 Å². The molecule has 1 unspecified atom stereocenters. The van der Waals surface area contributed by atoms with E-state index in [2.05, 4.69) is 10.7 Å². The van der Waals surface area contributed by atoms with Crippen molar-refractivity contribution in [2.75, 3.05) is 6.67 Å². The molecule has 7 heteroatoms. The first-order valence-corrected chi connectivity index (χ1v) is 7.39. The number of halogens is 2. The molecule has 2 heterocycles. The number of nitrogens with zero attached hydrogens (tertiary/aromatic N) is 1. The molecule has 1 fully saturated rings. The van der Waals surface area contributed by atoms with Crippen molar-refractivity contribution in [2.24, 2.45) is 5.73 Å². The van der Waals surface area contributed by atoms with Crippen LogP contribution in [0.25, 0.3) is 0 Å². The summed E-state index contributed by atoms with van der Waals surface area (Å²) in [5.74, 6) is 1.62. The third kappa shape index (κ3) is 3.23. The fraction of sp³-hybridized carbons (Fsp3) is 0.286. The van der Waals surface area contributed by atoms with Crippen molar-refractivity contribution in [3.05, 3.63) is 57.5 Å². The van der Waals surface area contributed by atoms with Crippen LogP contribution in [0.15, 0.2) is 34.7 Å². The molecule has 3 rings (SSSR count). The van der Waals surface area contributed by atoms with Crippen molar-refractivity contribution in [1.82, 2.24) is 15.8 Å². The van der Waals surface area contributed by atoms with Crippen LogP contribution in [-0.4, -0.2) is 11.7 Å². The summed E-state index contributed by atoms with van der Waals surface area (Å²) in [7, 11) is 0. The van der Waals surface area contributed by atoms with Crippen LogP contribution in [0.5, 0.6) is 0 Å². The van der Waals surface area contributed by atoms with Crippen LogP contribution in [0, 0.1) is 0 Å². The zero-order chi connectivity index (χ0) is 14.8. The first-order chi connectivity index (χ1) is 10.2. The number of hydrogen-bond acceptors (Lipinski definition) is 5. The number of rotatable bonds is 4. The van der Waals surface area contributed by atoms with Gasteiger partial charge >= 0.3 is 0 Å². The minimum absolute atomic E-state index is 0.0406. The predicted octanol–water partition coefficient (Wildman–Crippen LogP) is 2.61. The normalized spacial score (nSPS) is 19.3. The highest BCUT2D eigenvalue weighted by Gasteiger charge is 2.27. The molecule has 112 valence electrons. The van der Waals surface area contributed by atoms with Gasteiger partial charge in [-0.05, 0) is 24.3 Å². The quantitative estimate of drug-likeness (QED) is 0.806. The second kappa shape index (κ2) is 6.36. The largest absolute Gasteiger partial charge is 0.463 e. The molecule has 1 aromatic heterocycles. The van der Waals surface area contributed by atoms with Gasteiger partial charge in [-0.3, -0.25) is 5.32 Å². The van der Waals surface area contributed by atoms with Crippen LogP contribution in [0.3, 0.4) is 0 Å². The second-order valence-electron chi connectivity index (χ2n) is 4.81. The van der Waals surface area contributed by atoms with E-state index in [1.54, 1.807) is 6.07 Å². The molecule has 21 heavy (non-hydrogen) atoms. The molecule has 2 aromatic rings. The Balaban J connectivity index is 1.78. The summed E-state index contributed by atoms with van der Waals surface area (Å²) in [6.07, 6.45) is -0.0406. The molecule has 1 saturated heterocycles. The van der Waals surface area contributed by atoms with Gasteiger partial charge in [0.2, 0.25) is 0 Å². The van der Waals surface area contributed by atoms with Gasteiger partial charge in [-0.15, -0.1) is 0 Å². The van der Waals surface area contributed by atoms with Gasteiger partial charge in [-0.25, -0.2) is 10.4 Å². The van der Waals surface area contributed by atoms with Crippen LogP contribution in [0.2, 0.25) is 10.0 Å². The molecular formula is C14H16Cl2N4O. The molecule has 1 atom stereocenters. The smallest absolute Gasteiger partial charge is 0.119 e. The number of benzene rings is 1. The highest BCUT2D eigenvalue weighted by molar-refractivity contribution is 6.35. The maximum atomic E-state index is 6.29. The monoisotopic (exact) mass is 326 g/mol. The highest BCUT2D eigenvalue weighted by Crippen LogP contribution is 2.30. The number of hydrogen-bond donors (Lipinski definition) is 3. The average molecular weight is 327 g/mol. The molecule has 0 aliphatic carbocycles. The van der Waals surface area contributed by atoms with Gasteiger partial charge in [0.1, 0.15) is 17.7 Å². The lowest BCUT2D eigenvalue weighted by molar-refractivity contribution is 0.157. The minimum Gasteiger partial charge on any atom is -0.463 e. The summed E-state index contributed by atoms with van der Waals surface area (Å²) in [5, 5.41) is 6.64. The number of hydrazine groups is 1. The van der Waals surface area contributed by atoms with Crippen LogP contribution in [0.4, 0.5) is 0 Å². The van der Waals surface area contributed by atoms with E-state index in [1.165, 1.54) is 0 Å². The maximum absolute atomic E-state index is 6.29. The van der Waals surface area contributed by atoms with Crippen LogP contribution in [0.1, 0.15) is 23.2 Å². The molecule has 0 saturated carbocycles. The molecule has 0 radical (unpaired) electrons. The first kappa shape index (κ1) is 14.8. The van der Waals surface area contributed by atoms with Gasteiger partial charge in [0.25, 0.3) is 0 Å². The van der Waals surface area contributed by atoms with Crippen LogP contribution >= 0.6 is 23.2 Å². The number of nitrogens with two attached hydrogens (primary N) is 1. The molecule has 4 N–H and O–H groups in total. The lowest BCUT2D eigenvalue weighted by Gasteiger charge is -2.23. The van der Waals surface area contributed by atoms with Gasteiger partial charge in [-0.1, -0.05) is 29.3 Å². The summed E-state index contributed by atoms with van der Waals surface area (Å²) in [4.78, 5) is 0. The van der Waals surface area contributed by atoms with Crippen molar-refractivity contribution in [3.63, 3.8) is 0 Å². The van der Waals surface area contributed by atoms with Crippen LogP contribution < -0.4 is 16.5 Å². The molecule has 1 aliphatic rings. The lowest BCUT2D eigenvalue weighted by atomic mass is 10.1. The number of nitrogens with one attached hydrogen (secondary N) is 2. The van der Waals surface area contributed by atoms with E-state index >= 15 is 0 Å². The van der Waals surface area contributed by atoms with Crippen LogP contribution in [-0.2, 0) is 13.1 Å². The SMILES string of the molecule is NCc1ccc(CN2NCNC2c2ccc(Cl)cc2Cl)o1. The highest BCUT2D eigenvalue weighted by atomic mass is 35.5. The predicted molar refractivity (Wildman–Crippen MR) is 82.5 cm³/mol. The van der Waals surface area contributed by atoms with Gasteiger partial charge in [0.05, 0.1) is 19.8 Å². The second-order valence-corrected chi connectivity index (χ2v) is 5.65. The molecule has 1 aliphatic heterocycles. The van der Waals surface area contributed by atoms with Crippen molar-refractivity contribution in [2.45, 2.75) is 19.3 Å². The van der Waals surface area contributed by atoms with Crippen molar-refractivity contribution in [1.29, 1.82) is 0 Å². The first-order valence-electron chi connectivity index (χ1n) is 6.63. The Morgan fingerprint density at radius 2 is 2.05 bits per heavy atom. The van der Waals surface area contributed by atoms with Gasteiger partial charge < -0.3 is 10.2 Å². The maximum Gasteiger partial charge on any atom is 0.119 e. The fourth-order valence-electron chi connectivity index (χ4n) is 2.38. The standard InChI is InChI=1S/C14H16Cl2N4O/c15-9-1-4-12(13(16)5-9)14-18-8-19-20(14)7-11-3-2-10(6-17)21-11/h1-5,14,18-19H,6-8,17H2. The summed E-state index contributed by atoms with van der Waals surface area (Å²) >= 11 is 12.2. The molecule has 0 amide bonds. The van der Waals surface area contributed by atoms with E-state index in [-0.39, 0.29) is 6.17 Å². The van der Waals surface area contributed by atoms with E-state index in [1.807, 2.05) is 29.3 Å². The molecular weight excluding hydrogens is 311 g/mol. The van der Waals surface area contributed by atoms with E-state index in [9.17, 15) is 0 Å². The zero-order valence-electron chi connectivity index (χ0n) is 11.3. The van der Waals surface area contributed by atoms with E-state index in [0.717, 1.165) is 17.1 Å². The lowest BCUT2D eigenvalue weighted by Crippen LogP contribution is -2.33. The molecule has 0 bridgehead atoms. The summed E-state index contributed by atoms with van der Waals surface area (Å²) < 4.78 is 5.64. The van der Waals surface area contributed by atoms with E-state index in [0.29, 0.717) is 29.8 Å². The minimum atomic E-state index is -0.0406. The van der Waals surface area contributed by atoms with Gasteiger partial charge in [0.15, 0.2) is 0 Å². The molecule has 5 nitrogen and oxygen atoms in total. The fourth-order valence-corrected chi connectivity index (χ4v) is 2.89. The Morgan fingerprint density at radius 1 is 1.24 bits per heavy atom. The summed E-state index contributed by atoms with van der Waals surface area (Å²) in [6, 6.07) is 9.33. The third-order valence-corrected chi connectivity index (χ3v) is 3.95. The Morgan fingerprint density at radius 3 is 2.76 bits per heavy atom. The summed E-state index contributed by atoms with van der Waals surface area (Å²) in [5.41, 5.74) is 9.79. The van der Waals surface area contributed by atoms with Gasteiger partial charge in [0, 0.05) is 15.6 Å². The van der Waals surface area contributed by atoms with E-state index in [4.69, 9.17) is 33.4 Å². The Bertz CT molecular complexity index is 631. The molecule has 0 spiro atoms. The Kier molecular flexibility index (Phi) is 4.49. The van der Waals surface area contributed by atoms with Crippen molar-refractivity contribution < 1.29 is 4.42 Å². The third-order valence-electron chi connectivity index (χ3n) is 3.39. The average Bonchev–Trinajstić information content (AvgIpc) is 3.09. The summed E-state index contributed by atoms with van der Waals surface area (Å²) in [6.45, 7) is 1.67. The van der Waals surface area contributed by atoms with Crippen molar-refractivity contribution in [3.8, 4) is 0 Å².